The van der Waals surface area contributed by atoms with Crippen molar-refractivity contribution in [3.05, 3.63) is 28.5 Å². The molecule has 0 saturated heterocycles. The molecule has 0 saturated carbocycles. The number of phenolic OH excluding ortho intramolecular Hbond substituents is 1. The van der Waals surface area contributed by atoms with Crippen molar-refractivity contribution in [2.75, 3.05) is 0 Å². The second-order valence-electron chi connectivity index (χ2n) is 2.64. The molecule has 0 amide bonds. The maximum atomic E-state index is 12.9. The van der Waals surface area contributed by atoms with Gasteiger partial charge >= 0.3 is 5.97 Å². The number of carboxylic acids is 1. The van der Waals surface area contributed by atoms with E-state index in [1.807, 2.05) is 0 Å². The Bertz CT molecular complexity index is 383. The van der Waals surface area contributed by atoms with Crippen LogP contribution in [0, 0.1) is 5.82 Å². The number of rotatable bonds is 2. The molecule has 1 aromatic carbocycles. The fraction of sp³-hybridized carbons (Fsp3) is 0.125. The van der Waals surface area contributed by atoms with Crippen LogP contribution < -0.4 is 5.73 Å². The first-order valence-electron chi connectivity index (χ1n) is 3.59. The Morgan fingerprint density at radius 2 is 2.14 bits per heavy atom. The van der Waals surface area contributed by atoms with Gasteiger partial charge < -0.3 is 15.9 Å². The van der Waals surface area contributed by atoms with Crippen molar-refractivity contribution in [3.8, 4) is 5.75 Å². The lowest BCUT2D eigenvalue weighted by molar-refractivity contribution is -0.138. The third-order valence-corrected chi connectivity index (χ3v) is 1.96. The van der Waals surface area contributed by atoms with Gasteiger partial charge in [0.05, 0.1) is 5.02 Å². The highest BCUT2D eigenvalue weighted by atomic mass is 35.5. The summed E-state index contributed by atoms with van der Waals surface area (Å²) in [5.41, 5.74) is 4.98. The molecule has 0 unspecified atom stereocenters. The smallest absolute Gasteiger partial charge is 0.325 e. The predicted octanol–water partition coefficient (Wildman–Crippen LogP) is 1.27. The molecule has 1 atom stereocenters. The highest BCUT2D eigenvalue weighted by Crippen LogP contribution is 2.28. The van der Waals surface area contributed by atoms with Crippen molar-refractivity contribution >= 4 is 17.6 Å². The summed E-state index contributed by atoms with van der Waals surface area (Å²) in [4.78, 5) is 10.5. The van der Waals surface area contributed by atoms with Crippen molar-refractivity contribution in [2.45, 2.75) is 6.04 Å². The lowest BCUT2D eigenvalue weighted by Gasteiger charge is -2.09. The van der Waals surface area contributed by atoms with Gasteiger partial charge in [0.25, 0.3) is 0 Å². The molecule has 6 heteroatoms. The van der Waals surface area contributed by atoms with Crippen molar-refractivity contribution in [2.24, 2.45) is 5.73 Å². The first-order valence-corrected chi connectivity index (χ1v) is 3.97. The Labute approximate surface area is 83.7 Å². The molecule has 0 radical (unpaired) electrons. The molecule has 0 spiro atoms. The Morgan fingerprint density at radius 3 is 2.64 bits per heavy atom. The zero-order chi connectivity index (χ0) is 10.9. The van der Waals surface area contributed by atoms with E-state index < -0.39 is 23.6 Å². The van der Waals surface area contributed by atoms with E-state index in [0.29, 0.717) is 0 Å². The maximum Gasteiger partial charge on any atom is 0.325 e. The van der Waals surface area contributed by atoms with Crippen LogP contribution in [0.3, 0.4) is 0 Å². The number of hydrogen-bond acceptors (Lipinski definition) is 3. The van der Waals surface area contributed by atoms with Gasteiger partial charge in [0.2, 0.25) is 0 Å². The second-order valence-corrected chi connectivity index (χ2v) is 3.05. The summed E-state index contributed by atoms with van der Waals surface area (Å²) in [5, 5.41) is 17.5. The van der Waals surface area contributed by atoms with Crippen LogP contribution in [0.1, 0.15) is 11.6 Å². The molecule has 4 nitrogen and oxygen atoms in total. The Hall–Kier alpha value is -1.33. The van der Waals surface area contributed by atoms with Crippen molar-refractivity contribution in [3.63, 3.8) is 0 Å². The van der Waals surface area contributed by atoms with Gasteiger partial charge in [-0.2, -0.15) is 0 Å². The Balaban J connectivity index is 3.22. The number of hydrogen-bond donors (Lipinski definition) is 3. The fourth-order valence-corrected chi connectivity index (χ4v) is 1.09. The summed E-state index contributed by atoms with van der Waals surface area (Å²) in [7, 11) is 0. The summed E-state index contributed by atoms with van der Waals surface area (Å²) in [5.74, 6) is -2.62. The molecule has 0 aromatic heterocycles. The molecular weight excluding hydrogens is 213 g/mol. The third-order valence-electron chi connectivity index (χ3n) is 1.67. The summed E-state index contributed by atoms with van der Waals surface area (Å²) >= 11 is 5.35. The van der Waals surface area contributed by atoms with Gasteiger partial charge in [0.1, 0.15) is 17.6 Å². The van der Waals surface area contributed by atoms with Crippen molar-refractivity contribution in [1.82, 2.24) is 0 Å². The van der Waals surface area contributed by atoms with Crippen LogP contribution in [-0.2, 0) is 4.79 Å². The lowest BCUT2D eigenvalue weighted by atomic mass is 10.1. The highest BCUT2D eigenvalue weighted by molar-refractivity contribution is 6.30. The molecule has 4 N–H and O–H groups in total. The first-order chi connectivity index (χ1) is 6.43. The third kappa shape index (κ3) is 1.94. The molecule has 0 fully saturated rings. The second kappa shape index (κ2) is 3.81. The average molecular weight is 220 g/mol. The number of halogens is 2. The van der Waals surface area contributed by atoms with Crippen LogP contribution in [0.25, 0.3) is 0 Å². The van der Waals surface area contributed by atoms with Gasteiger partial charge in [0, 0.05) is 11.6 Å². The van der Waals surface area contributed by atoms with Crippen LogP contribution in [0.5, 0.6) is 5.75 Å². The van der Waals surface area contributed by atoms with Gasteiger partial charge in [-0.05, 0) is 6.07 Å². The number of nitrogens with two attached hydrogens (primary N) is 1. The highest BCUT2D eigenvalue weighted by Gasteiger charge is 2.19. The topological polar surface area (TPSA) is 83.6 Å². The zero-order valence-electron chi connectivity index (χ0n) is 6.87. The number of phenols is 1. The minimum absolute atomic E-state index is 0.209. The number of carbonyl (C=O) groups is 1. The van der Waals surface area contributed by atoms with Gasteiger partial charge in [0.15, 0.2) is 0 Å². The minimum Gasteiger partial charge on any atom is -0.508 e. The molecule has 0 aliphatic heterocycles. The standard InChI is InChI=1S/C8H7ClFNO3/c9-4-2-6(12)3(1-5(4)10)7(11)8(13)14/h1-2,7,12H,11H2,(H,13,14)/t7-/m1/s1. The summed E-state index contributed by atoms with van der Waals surface area (Å²) in [6.45, 7) is 0. The van der Waals surface area contributed by atoms with Gasteiger partial charge in [-0.3, -0.25) is 4.79 Å². The quantitative estimate of drug-likeness (QED) is 0.699. The zero-order valence-corrected chi connectivity index (χ0v) is 7.62. The molecule has 1 aromatic rings. The number of aliphatic carboxylic acids is 1. The average Bonchev–Trinajstić information content (AvgIpc) is 2.10. The van der Waals surface area contributed by atoms with E-state index in [1.165, 1.54) is 0 Å². The molecule has 14 heavy (non-hydrogen) atoms. The van der Waals surface area contributed by atoms with Gasteiger partial charge in [-0.1, -0.05) is 11.6 Å². The molecule has 0 heterocycles. The number of aromatic hydroxyl groups is 1. The Morgan fingerprint density at radius 1 is 1.57 bits per heavy atom. The molecule has 0 aliphatic carbocycles. The Kier molecular flexibility index (Phi) is 2.93. The van der Waals surface area contributed by atoms with Gasteiger partial charge in [-0.15, -0.1) is 0 Å². The largest absolute Gasteiger partial charge is 0.508 e. The summed E-state index contributed by atoms with van der Waals surface area (Å²) in [6.07, 6.45) is 0. The molecular formula is C8H7ClFNO3. The fourth-order valence-electron chi connectivity index (χ4n) is 0.934. The van der Waals surface area contributed by atoms with Crippen LogP contribution >= 0.6 is 11.6 Å². The molecule has 76 valence electrons. The molecule has 0 bridgehead atoms. The van der Waals surface area contributed by atoms with Gasteiger partial charge in [-0.25, -0.2) is 4.39 Å². The van der Waals surface area contributed by atoms with Crippen molar-refractivity contribution in [1.29, 1.82) is 0 Å². The molecule has 1 rings (SSSR count). The van der Waals surface area contributed by atoms with Crippen molar-refractivity contribution < 1.29 is 19.4 Å². The van der Waals surface area contributed by atoms with E-state index in [9.17, 15) is 14.3 Å². The van der Waals surface area contributed by atoms with Crippen LogP contribution in [0.2, 0.25) is 5.02 Å². The predicted molar refractivity (Wildman–Crippen MR) is 47.6 cm³/mol. The minimum atomic E-state index is -1.47. The first kappa shape index (κ1) is 10.7. The van der Waals surface area contributed by atoms with E-state index in [1.54, 1.807) is 0 Å². The van der Waals surface area contributed by atoms with Crippen LogP contribution in [0.15, 0.2) is 12.1 Å². The van der Waals surface area contributed by atoms with Crippen LogP contribution in [0.4, 0.5) is 4.39 Å². The normalized spacial score (nSPS) is 12.5. The lowest BCUT2D eigenvalue weighted by Crippen LogP contribution is -2.20. The monoisotopic (exact) mass is 219 g/mol. The van der Waals surface area contributed by atoms with E-state index >= 15 is 0 Å². The van der Waals surface area contributed by atoms with E-state index in [2.05, 4.69) is 0 Å². The number of benzene rings is 1. The van der Waals surface area contributed by atoms with E-state index in [0.717, 1.165) is 12.1 Å². The maximum absolute atomic E-state index is 12.9. The van der Waals surface area contributed by atoms with Crippen LogP contribution in [-0.4, -0.2) is 16.2 Å². The SMILES string of the molecule is N[C@@H](C(=O)O)c1cc(F)c(Cl)cc1O. The number of carboxylic acid groups (broad SMARTS) is 1. The summed E-state index contributed by atoms with van der Waals surface area (Å²) in [6, 6.07) is 0.243. The van der Waals surface area contributed by atoms with E-state index in [4.69, 9.17) is 22.4 Å². The van der Waals surface area contributed by atoms with E-state index in [-0.39, 0.29) is 10.6 Å². The molecule has 0 aliphatic rings. The summed E-state index contributed by atoms with van der Waals surface area (Å²) < 4.78 is 12.9.